The molecule has 2 heterocycles. The lowest BCUT2D eigenvalue weighted by Crippen LogP contribution is -1.81. The van der Waals surface area contributed by atoms with Crippen LogP contribution >= 0.6 is 23.1 Å². The zero-order valence-corrected chi connectivity index (χ0v) is 8.52. The summed E-state index contributed by atoms with van der Waals surface area (Å²) in [6, 6.07) is 0. The molecule has 0 amide bonds. The molecule has 68 valence electrons. The van der Waals surface area contributed by atoms with Crippen molar-refractivity contribution in [1.82, 2.24) is 25.6 Å². The van der Waals surface area contributed by atoms with Gasteiger partial charge in [0.05, 0.1) is 11.2 Å². The van der Waals surface area contributed by atoms with Gasteiger partial charge in [-0.1, -0.05) is 11.8 Å². The number of aromatic amines is 1. The molecule has 2 aromatic rings. The summed E-state index contributed by atoms with van der Waals surface area (Å²) in [6.07, 6.45) is 0. The summed E-state index contributed by atoms with van der Waals surface area (Å²) >= 11 is 3.21. The van der Waals surface area contributed by atoms with Crippen LogP contribution in [0.2, 0.25) is 0 Å². The third-order valence-corrected chi connectivity index (χ3v) is 3.49. The van der Waals surface area contributed by atoms with Gasteiger partial charge in [-0.2, -0.15) is 5.21 Å². The van der Waals surface area contributed by atoms with Crippen molar-refractivity contribution < 1.29 is 0 Å². The van der Waals surface area contributed by atoms with Gasteiger partial charge in [-0.05, 0) is 12.1 Å². The number of nitrogens with zero attached hydrogens (tertiary/aromatic N) is 4. The quantitative estimate of drug-likeness (QED) is 0.777. The van der Waals surface area contributed by atoms with Gasteiger partial charge in [0, 0.05) is 10.6 Å². The maximum atomic E-state index is 4.16. The van der Waals surface area contributed by atoms with Crippen LogP contribution in [0, 0.1) is 6.92 Å². The summed E-state index contributed by atoms with van der Waals surface area (Å²) < 4.78 is 0. The van der Waals surface area contributed by atoms with Crippen molar-refractivity contribution in [2.45, 2.75) is 17.8 Å². The first kappa shape index (κ1) is 8.64. The minimum atomic E-state index is 0.674. The molecule has 0 aliphatic heterocycles. The second kappa shape index (κ2) is 3.84. The van der Waals surface area contributed by atoms with E-state index in [1.54, 1.807) is 23.1 Å². The van der Waals surface area contributed by atoms with Crippen LogP contribution in [-0.4, -0.2) is 25.6 Å². The normalized spacial score (nSPS) is 10.5. The minimum absolute atomic E-state index is 0.674. The van der Waals surface area contributed by atoms with Gasteiger partial charge < -0.3 is 0 Å². The summed E-state index contributed by atoms with van der Waals surface area (Å²) in [5, 5.41) is 14.3. The second-order valence-corrected chi connectivity index (χ2v) is 4.23. The molecule has 0 unspecified atom stereocenters. The van der Waals surface area contributed by atoms with Gasteiger partial charge in [0.2, 0.25) is 5.16 Å². The highest BCUT2D eigenvalue weighted by atomic mass is 32.2. The van der Waals surface area contributed by atoms with Crippen molar-refractivity contribution in [2.75, 3.05) is 0 Å². The molecule has 0 bridgehead atoms. The molecule has 0 aliphatic carbocycles. The number of hydrogen-bond donors (Lipinski definition) is 1. The van der Waals surface area contributed by atoms with Crippen LogP contribution in [0.3, 0.4) is 0 Å². The molecule has 0 radical (unpaired) electrons. The molecule has 1 N–H and O–H groups in total. The van der Waals surface area contributed by atoms with E-state index in [1.165, 1.54) is 4.88 Å². The molecule has 0 aromatic carbocycles. The Morgan fingerprint density at radius 2 is 2.54 bits per heavy atom. The van der Waals surface area contributed by atoms with E-state index in [-0.39, 0.29) is 0 Å². The van der Waals surface area contributed by atoms with Crippen LogP contribution < -0.4 is 0 Å². The number of aromatic nitrogens is 5. The fourth-order valence-corrected chi connectivity index (χ4v) is 2.49. The largest absolute Gasteiger partial charge is 0.250 e. The molecular weight excluding hydrogens is 206 g/mol. The van der Waals surface area contributed by atoms with Crippen LogP contribution in [0.5, 0.6) is 0 Å². The topological polar surface area (TPSA) is 67.3 Å². The van der Waals surface area contributed by atoms with Crippen LogP contribution in [0.25, 0.3) is 0 Å². The molecule has 2 aromatic heterocycles. The number of nitrogens with one attached hydrogen (secondary N) is 1. The smallest absolute Gasteiger partial charge is 0.231 e. The maximum Gasteiger partial charge on any atom is 0.231 e. The van der Waals surface area contributed by atoms with Crippen LogP contribution in [-0.2, 0) is 5.75 Å². The fraction of sp³-hybridized carbons (Fsp3) is 0.333. The lowest BCUT2D eigenvalue weighted by atomic mass is 10.4. The van der Waals surface area contributed by atoms with Crippen molar-refractivity contribution in [3.63, 3.8) is 0 Å². The number of thiazole rings is 1. The van der Waals surface area contributed by atoms with Crippen LogP contribution in [0.4, 0.5) is 0 Å². The molecule has 0 atom stereocenters. The summed E-state index contributed by atoms with van der Waals surface area (Å²) in [6.45, 7) is 2.00. The average molecular weight is 213 g/mol. The van der Waals surface area contributed by atoms with Crippen molar-refractivity contribution in [1.29, 1.82) is 0 Å². The van der Waals surface area contributed by atoms with E-state index in [0.29, 0.717) is 5.16 Å². The summed E-state index contributed by atoms with van der Waals surface area (Å²) in [5.74, 6) is 0.857. The average Bonchev–Trinajstić information content (AvgIpc) is 2.72. The molecule has 0 fully saturated rings. The van der Waals surface area contributed by atoms with E-state index >= 15 is 0 Å². The van der Waals surface area contributed by atoms with Gasteiger partial charge in [0.1, 0.15) is 0 Å². The molecule has 2 rings (SSSR count). The number of H-pyrrole nitrogens is 1. The number of rotatable bonds is 3. The molecular formula is C6H7N5S2. The van der Waals surface area contributed by atoms with Crippen LogP contribution in [0.15, 0.2) is 10.7 Å². The summed E-state index contributed by atoms with van der Waals surface area (Å²) in [4.78, 5) is 5.42. The van der Waals surface area contributed by atoms with E-state index in [4.69, 9.17) is 0 Å². The standard InChI is InChI=1S/C6H7N5S2/c1-4-5(13-3-7-4)2-12-6-8-10-11-9-6/h3H,2H2,1H3,(H,8,9,10,11). The highest BCUT2D eigenvalue weighted by molar-refractivity contribution is 7.98. The fourth-order valence-electron chi connectivity index (χ4n) is 0.809. The Labute approximate surface area is 83.0 Å². The first-order chi connectivity index (χ1) is 6.36. The Kier molecular flexibility index (Phi) is 2.55. The van der Waals surface area contributed by atoms with Crippen molar-refractivity contribution >= 4 is 23.1 Å². The Hall–Kier alpha value is -0.950. The van der Waals surface area contributed by atoms with E-state index in [2.05, 4.69) is 25.6 Å². The third-order valence-electron chi connectivity index (χ3n) is 1.50. The Bertz CT molecular complexity index is 368. The van der Waals surface area contributed by atoms with E-state index < -0.39 is 0 Å². The van der Waals surface area contributed by atoms with E-state index in [0.717, 1.165) is 11.4 Å². The minimum Gasteiger partial charge on any atom is -0.250 e. The monoisotopic (exact) mass is 213 g/mol. The molecule has 5 nitrogen and oxygen atoms in total. The highest BCUT2D eigenvalue weighted by Gasteiger charge is 2.04. The van der Waals surface area contributed by atoms with E-state index in [9.17, 15) is 0 Å². The van der Waals surface area contributed by atoms with Gasteiger partial charge >= 0.3 is 0 Å². The number of hydrogen-bond acceptors (Lipinski definition) is 6. The Morgan fingerprint density at radius 1 is 1.62 bits per heavy atom. The summed E-state index contributed by atoms with van der Waals surface area (Å²) in [5.41, 5.74) is 2.93. The molecule has 0 aliphatic rings. The highest BCUT2D eigenvalue weighted by Crippen LogP contribution is 2.22. The van der Waals surface area contributed by atoms with Crippen molar-refractivity contribution in [2.24, 2.45) is 0 Å². The van der Waals surface area contributed by atoms with Crippen molar-refractivity contribution in [3.8, 4) is 0 Å². The molecule has 0 saturated heterocycles. The SMILES string of the molecule is Cc1ncsc1CSc1nn[nH]n1. The lowest BCUT2D eigenvalue weighted by molar-refractivity contribution is 0.881. The first-order valence-corrected chi connectivity index (χ1v) is 5.48. The van der Waals surface area contributed by atoms with Gasteiger partial charge in [-0.15, -0.1) is 21.5 Å². The van der Waals surface area contributed by atoms with E-state index in [1.807, 2.05) is 12.4 Å². The van der Waals surface area contributed by atoms with Gasteiger partial charge in [0.15, 0.2) is 0 Å². The van der Waals surface area contributed by atoms with Gasteiger partial charge in [-0.25, -0.2) is 4.98 Å². The number of tetrazole rings is 1. The van der Waals surface area contributed by atoms with Crippen molar-refractivity contribution in [3.05, 3.63) is 16.1 Å². The third kappa shape index (κ3) is 2.04. The summed E-state index contributed by atoms with van der Waals surface area (Å²) in [7, 11) is 0. The maximum absolute atomic E-state index is 4.16. The Balaban J connectivity index is 1.97. The molecule has 7 heteroatoms. The predicted molar refractivity (Wildman–Crippen MR) is 50.6 cm³/mol. The Morgan fingerprint density at radius 3 is 3.15 bits per heavy atom. The zero-order valence-electron chi connectivity index (χ0n) is 6.89. The van der Waals surface area contributed by atoms with Crippen LogP contribution in [0.1, 0.15) is 10.6 Å². The zero-order chi connectivity index (χ0) is 9.10. The molecule has 0 saturated carbocycles. The molecule has 0 spiro atoms. The van der Waals surface area contributed by atoms with Gasteiger partial charge in [-0.3, -0.25) is 0 Å². The number of thioether (sulfide) groups is 1. The predicted octanol–water partition coefficient (Wildman–Crippen LogP) is 1.26. The molecule has 13 heavy (non-hydrogen) atoms. The lowest BCUT2D eigenvalue weighted by Gasteiger charge is -1.93. The second-order valence-electron chi connectivity index (χ2n) is 2.34. The number of aryl methyl sites for hydroxylation is 1. The first-order valence-electron chi connectivity index (χ1n) is 3.61. The van der Waals surface area contributed by atoms with Gasteiger partial charge in [0.25, 0.3) is 0 Å².